The number of anilines is 1. The zero-order valence-corrected chi connectivity index (χ0v) is 15.5. The Labute approximate surface area is 153 Å². The highest BCUT2D eigenvalue weighted by Gasteiger charge is 2.05. The molecule has 1 aromatic carbocycles. The summed E-state index contributed by atoms with van der Waals surface area (Å²) in [6, 6.07) is 14.5. The number of nitrogens with zero attached hydrogens (tertiary/aromatic N) is 5. The highest BCUT2D eigenvalue weighted by Crippen LogP contribution is 2.12. The highest BCUT2D eigenvalue weighted by molar-refractivity contribution is 5.79. The molecule has 26 heavy (non-hydrogen) atoms. The average Bonchev–Trinajstić information content (AvgIpc) is 3.08. The van der Waals surface area contributed by atoms with Crippen molar-refractivity contribution in [3.05, 3.63) is 60.0 Å². The fraction of sp³-hybridized carbons (Fsp3) is 0.316. The summed E-state index contributed by atoms with van der Waals surface area (Å²) >= 11 is 0. The third kappa shape index (κ3) is 4.30. The summed E-state index contributed by atoms with van der Waals surface area (Å²) in [6.45, 7) is 1.37. The van der Waals surface area contributed by atoms with Crippen LogP contribution < -0.4 is 15.5 Å². The average molecular weight is 351 g/mol. The first kappa shape index (κ1) is 17.7. The van der Waals surface area contributed by atoms with Crippen LogP contribution >= 0.6 is 0 Å². The first-order chi connectivity index (χ1) is 12.7. The molecule has 0 aliphatic heterocycles. The van der Waals surface area contributed by atoms with Crippen molar-refractivity contribution in [3.63, 3.8) is 0 Å². The summed E-state index contributed by atoms with van der Waals surface area (Å²) in [7, 11) is 5.86. The van der Waals surface area contributed by atoms with Gasteiger partial charge in [-0.2, -0.15) is 0 Å². The Bertz CT molecular complexity index is 865. The van der Waals surface area contributed by atoms with Crippen LogP contribution in [0, 0.1) is 0 Å². The van der Waals surface area contributed by atoms with Crippen LogP contribution in [0.5, 0.6) is 0 Å². The maximum atomic E-state index is 4.27. The van der Waals surface area contributed by atoms with E-state index in [1.165, 1.54) is 11.3 Å². The molecule has 0 aliphatic rings. The van der Waals surface area contributed by atoms with Gasteiger partial charge < -0.3 is 15.5 Å². The van der Waals surface area contributed by atoms with Crippen LogP contribution in [-0.4, -0.2) is 48.2 Å². The van der Waals surface area contributed by atoms with Crippen molar-refractivity contribution in [3.8, 4) is 0 Å². The van der Waals surface area contributed by atoms with E-state index in [4.69, 9.17) is 0 Å². The highest BCUT2D eigenvalue weighted by atomic mass is 15.3. The molecule has 0 saturated carbocycles. The SMILES string of the molecule is CN=C(NCCc1ccc(N(C)C)cc1)NCc1nnc2ccccn12. The summed E-state index contributed by atoms with van der Waals surface area (Å²) in [6.07, 6.45) is 2.89. The van der Waals surface area contributed by atoms with E-state index in [2.05, 4.69) is 55.0 Å². The first-order valence-corrected chi connectivity index (χ1v) is 8.67. The summed E-state index contributed by atoms with van der Waals surface area (Å²) in [5.74, 6) is 1.60. The summed E-state index contributed by atoms with van der Waals surface area (Å²) in [5, 5.41) is 15.0. The van der Waals surface area contributed by atoms with E-state index in [1.54, 1.807) is 7.05 Å². The predicted octanol–water partition coefficient (Wildman–Crippen LogP) is 1.70. The van der Waals surface area contributed by atoms with Crippen molar-refractivity contribution in [2.45, 2.75) is 13.0 Å². The van der Waals surface area contributed by atoms with Crippen LogP contribution in [0.1, 0.15) is 11.4 Å². The van der Waals surface area contributed by atoms with Crippen molar-refractivity contribution < 1.29 is 0 Å². The number of guanidine groups is 1. The Kier molecular flexibility index (Phi) is 5.68. The number of aromatic nitrogens is 3. The zero-order valence-electron chi connectivity index (χ0n) is 15.5. The number of pyridine rings is 1. The van der Waals surface area contributed by atoms with Gasteiger partial charge >= 0.3 is 0 Å². The molecule has 0 spiro atoms. The quantitative estimate of drug-likeness (QED) is 0.523. The first-order valence-electron chi connectivity index (χ1n) is 8.67. The number of hydrogen-bond acceptors (Lipinski definition) is 4. The number of benzene rings is 1. The van der Waals surface area contributed by atoms with E-state index in [1.807, 2.05) is 42.9 Å². The summed E-state index contributed by atoms with van der Waals surface area (Å²) in [4.78, 5) is 6.37. The molecule has 2 heterocycles. The smallest absolute Gasteiger partial charge is 0.191 e. The number of aliphatic imine (C=N–C) groups is 1. The summed E-state index contributed by atoms with van der Waals surface area (Å²) in [5.41, 5.74) is 3.34. The lowest BCUT2D eigenvalue weighted by Gasteiger charge is -2.13. The number of fused-ring (bicyclic) bond motifs is 1. The van der Waals surface area contributed by atoms with E-state index in [0.29, 0.717) is 6.54 Å². The molecule has 2 N–H and O–H groups in total. The van der Waals surface area contributed by atoms with Crippen LogP contribution in [0.4, 0.5) is 5.69 Å². The Hall–Kier alpha value is -3.09. The monoisotopic (exact) mass is 351 g/mol. The molecule has 3 aromatic rings. The molecular formula is C19H25N7. The van der Waals surface area contributed by atoms with Crippen molar-refractivity contribution in [2.75, 3.05) is 32.6 Å². The topological polar surface area (TPSA) is 69.8 Å². The van der Waals surface area contributed by atoms with Gasteiger partial charge in [-0.25, -0.2) is 0 Å². The molecule has 136 valence electrons. The van der Waals surface area contributed by atoms with E-state index >= 15 is 0 Å². The van der Waals surface area contributed by atoms with E-state index < -0.39 is 0 Å². The van der Waals surface area contributed by atoms with Gasteiger partial charge in [-0.1, -0.05) is 18.2 Å². The molecule has 0 saturated heterocycles. The Morgan fingerprint density at radius 3 is 2.62 bits per heavy atom. The third-order valence-electron chi connectivity index (χ3n) is 4.18. The molecule has 2 aromatic heterocycles. The number of hydrogen-bond donors (Lipinski definition) is 2. The molecule has 0 unspecified atom stereocenters. The molecular weight excluding hydrogens is 326 g/mol. The van der Waals surface area contributed by atoms with Crippen molar-refractivity contribution in [1.29, 1.82) is 0 Å². The van der Waals surface area contributed by atoms with Gasteiger partial charge in [0.2, 0.25) is 0 Å². The lowest BCUT2D eigenvalue weighted by molar-refractivity contribution is 0.757. The molecule has 0 fully saturated rings. The summed E-state index contributed by atoms with van der Waals surface area (Å²) < 4.78 is 1.96. The maximum absolute atomic E-state index is 4.27. The Morgan fingerprint density at radius 2 is 1.88 bits per heavy atom. The molecule has 0 aliphatic carbocycles. The third-order valence-corrected chi connectivity index (χ3v) is 4.18. The fourth-order valence-corrected chi connectivity index (χ4v) is 2.68. The Balaban J connectivity index is 1.49. The molecule has 7 heteroatoms. The molecule has 0 radical (unpaired) electrons. The largest absolute Gasteiger partial charge is 0.378 e. The van der Waals surface area contributed by atoms with Crippen molar-refractivity contribution in [1.82, 2.24) is 25.2 Å². The van der Waals surface area contributed by atoms with Gasteiger partial charge in [0.1, 0.15) is 0 Å². The standard InChI is InChI=1S/C19H25N7/c1-20-19(21-12-11-15-7-9-16(10-8-15)25(2)3)22-14-18-24-23-17-6-4-5-13-26(17)18/h4-10,13H,11-12,14H2,1-3H3,(H2,20,21,22). The van der Waals surface area contributed by atoms with Crippen LogP contribution in [0.3, 0.4) is 0 Å². The van der Waals surface area contributed by atoms with Gasteiger partial charge in [-0.05, 0) is 36.2 Å². The van der Waals surface area contributed by atoms with Crippen LogP contribution in [-0.2, 0) is 13.0 Å². The second-order valence-corrected chi connectivity index (χ2v) is 6.21. The number of rotatable bonds is 6. The molecule has 3 rings (SSSR count). The maximum Gasteiger partial charge on any atom is 0.191 e. The van der Waals surface area contributed by atoms with Gasteiger partial charge in [0.05, 0.1) is 6.54 Å². The number of nitrogens with one attached hydrogen (secondary N) is 2. The van der Waals surface area contributed by atoms with Crippen molar-refractivity contribution >= 4 is 17.3 Å². The minimum atomic E-state index is 0.558. The minimum Gasteiger partial charge on any atom is -0.378 e. The van der Waals surface area contributed by atoms with Crippen LogP contribution in [0.15, 0.2) is 53.7 Å². The van der Waals surface area contributed by atoms with Gasteiger partial charge in [0.25, 0.3) is 0 Å². The zero-order chi connectivity index (χ0) is 18.4. The lowest BCUT2D eigenvalue weighted by atomic mass is 10.1. The Morgan fingerprint density at radius 1 is 1.08 bits per heavy atom. The van der Waals surface area contributed by atoms with Gasteiger partial charge in [0, 0.05) is 39.6 Å². The van der Waals surface area contributed by atoms with Crippen molar-refractivity contribution in [2.24, 2.45) is 4.99 Å². The molecule has 7 nitrogen and oxygen atoms in total. The minimum absolute atomic E-state index is 0.558. The van der Waals surface area contributed by atoms with Crippen LogP contribution in [0.25, 0.3) is 5.65 Å². The van der Waals surface area contributed by atoms with E-state index in [-0.39, 0.29) is 0 Å². The van der Waals surface area contributed by atoms with Gasteiger partial charge in [-0.15, -0.1) is 10.2 Å². The van der Waals surface area contributed by atoms with E-state index in [0.717, 1.165) is 30.4 Å². The normalized spacial score (nSPS) is 11.6. The lowest BCUT2D eigenvalue weighted by Crippen LogP contribution is -2.38. The molecule has 0 bridgehead atoms. The fourth-order valence-electron chi connectivity index (χ4n) is 2.68. The predicted molar refractivity (Wildman–Crippen MR) is 106 cm³/mol. The second kappa shape index (κ2) is 8.33. The van der Waals surface area contributed by atoms with Gasteiger partial charge in [0.15, 0.2) is 17.4 Å². The molecule has 0 atom stereocenters. The second-order valence-electron chi connectivity index (χ2n) is 6.21. The van der Waals surface area contributed by atoms with E-state index in [9.17, 15) is 0 Å². The van der Waals surface area contributed by atoms with Gasteiger partial charge in [-0.3, -0.25) is 9.39 Å². The molecule has 0 amide bonds. The van der Waals surface area contributed by atoms with Crippen LogP contribution in [0.2, 0.25) is 0 Å².